The summed E-state index contributed by atoms with van der Waals surface area (Å²) in [6.07, 6.45) is 4.71. The molecule has 0 aromatic carbocycles. The van der Waals surface area contributed by atoms with E-state index in [1.807, 2.05) is 24.8 Å². The quantitative estimate of drug-likeness (QED) is 0.881. The van der Waals surface area contributed by atoms with E-state index in [1.54, 1.807) is 10.7 Å². The molecule has 2 aromatic rings. The second-order valence-electron chi connectivity index (χ2n) is 5.65. The molecule has 1 amide bonds. The molecule has 0 saturated carbocycles. The van der Waals surface area contributed by atoms with Crippen LogP contribution < -0.4 is 5.73 Å². The average Bonchev–Trinajstić information content (AvgIpc) is 2.92. The van der Waals surface area contributed by atoms with Crippen LogP contribution in [0.15, 0.2) is 12.3 Å². The molecule has 3 rings (SSSR count). The molecule has 2 unspecified atom stereocenters. The molecule has 2 N–H and O–H groups in total. The Bertz CT molecular complexity index is 665. The number of aromatic nitrogens is 4. The number of nitrogens with two attached hydrogens (primary N) is 1. The lowest BCUT2D eigenvalue weighted by molar-refractivity contribution is 0.0571. The molecule has 1 aliphatic rings. The van der Waals surface area contributed by atoms with Gasteiger partial charge in [0.05, 0.1) is 0 Å². The normalized spacial score (nSPS) is 20.7. The van der Waals surface area contributed by atoms with Crippen molar-refractivity contribution in [3.05, 3.63) is 23.8 Å². The molecular formula is C14H20N6O. The van der Waals surface area contributed by atoms with Crippen molar-refractivity contribution in [3.8, 4) is 0 Å². The number of aryl methyl sites for hydroxylation is 1. The number of carbonyl (C=O) groups excluding carboxylic acids is 1. The van der Waals surface area contributed by atoms with Crippen LogP contribution in [-0.2, 0) is 0 Å². The smallest absolute Gasteiger partial charge is 0.293 e. The molecule has 0 bridgehead atoms. The Kier molecular flexibility index (Phi) is 3.59. The lowest BCUT2D eigenvalue weighted by atomic mass is 9.97. The van der Waals surface area contributed by atoms with E-state index in [0.29, 0.717) is 12.3 Å². The van der Waals surface area contributed by atoms with E-state index in [9.17, 15) is 4.79 Å². The van der Waals surface area contributed by atoms with Crippen molar-refractivity contribution in [2.24, 2.45) is 5.73 Å². The molecule has 7 heteroatoms. The van der Waals surface area contributed by atoms with Crippen molar-refractivity contribution in [2.75, 3.05) is 6.54 Å². The number of fused-ring (bicyclic) bond motifs is 1. The largest absolute Gasteiger partial charge is 0.331 e. The average molecular weight is 288 g/mol. The maximum absolute atomic E-state index is 12.7. The molecular weight excluding hydrogens is 268 g/mol. The van der Waals surface area contributed by atoms with Crippen LogP contribution in [0.3, 0.4) is 0 Å². The first-order valence-electron chi connectivity index (χ1n) is 7.33. The minimum absolute atomic E-state index is 0.0499. The summed E-state index contributed by atoms with van der Waals surface area (Å²) in [7, 11) is 0. The summed E-state index contributed by atoms with van der Waals surface area (Å²) < 4.78 is 1.60. The first-order valence-corrected chi connectivity index (χ1v) is 7.33. The van der Waals surface area contributed by atoms with Gasteiger partial charge >= 0.3 is 0 Å². The van der Waals surface area contributed by atoms with Gasteiger partial charge in [0, 0.05) is 30.5 Å². The number of carbonyl (C=O) groups is 1. The molecule has 7 nitrogen and oxygen atoms in total. The Balaban J connectivity index is 1.93. The van der Waals surface area contributed by atoms with Crippen molar-refractivity contribution >= 4 is 11.7 Å². The number of nitrogens with zero attached hydrogens (tertiary/aromatic N) is 5. The standard InChI is InChI=1S/C14H20N6O/c1-9-6-7-16-14-17-12(18-20(9)14)13(21)19-8-4-3-5-11(19)10(2)15/h6-7,10-11H,3-5,8,15H2,1-2H3. The maximum atomic E-state index is 12.7. The topological polar surface area (TPSA) is 89.4 Å². The summed E-state index contributed by atoms with van der Waals surface area (Å²) in [6.45, 7) is 4.56. The van der Waals surface area contributed by atoms with E-state index in [0.717, 1.165) is 25.0 Å². The summed E-state index contributed by atoms with van der Waals surface area (Å²) in [5.74, 6) is 0.499. The molecule has 1 fully saturated rings. The minimum atomic E-state index is -0.151. The van der Waals surface area contributed by atoms with E-state index in [1.165, 1.54) is 0 Å². The third-order valence-electron chi connectivity index (χ3n) is 4.04. The zero-order chi connectivity index (χ0) is 15.0. The number of hydrogen-bond donors (Lipinski definition) is 1. The predicted molar refractivity (Wildman–Crippen MR) is 77.8 cm³/mol. The molecule has 1 saturated heterocycles. The summed E-state index contributed by atoms with van der Waals surface area (Å²) in [5.41, 5.74) is 6.92. The lowest BCUT2D eigenvalue weighted by Gasteiger charge is -2.37. The highest BCUT2D eigenvalue weighted by atomic mass is 16.2. The van der Waals surface area contributed by atoms with Gasteiger partial charge in [-0.2, -0.15) is 4.98 Å². The summed E-state index contributed by atoms with van der Waals surface area (Å²) >= 11 is 0. The van der Waals surface area contributed by atoms with Crippen LogP contribution in [0.4, 0.5) is 0 Å². The predicted octanol–water partition coefficient (Wildman–Crippen LogP) is 0.775. The third-order valence-corrected chi connectivity index (χ3v) is 4.04. The highest BCUT2D eigenvalue weighted by molar-refractivity contribution is 5.91. The molecule has 0 radical (unpaired) electrons. The highest BCUT2D eigenvalue weighted by Gasteiger charge is 2.31. The van der Waals surface area contributed by atoms with E-state index in [2.05, 4.69) is 15.1 Å². The van der Waals surface area contributed by atoms with Crippen LogP contribution in [-0.4, -0.2) is 49.0 Å². The second-order valence-corrected chi connectivity index (χ2v) is 5.65. The summed E-state index contributed by atoms with van der Waals surface area (Å²) in [4.78, 5) is 22.9. The Hall–Kier alpha value is -2.02. The van der Waals surface area contributed by atoms with Gasteiger partial charge in [-0.3, -0.25) is 4.79 Å². The van der Waals surface area contributed by atoms with Gasteiger partial charge in [-0.15, -0.1) is 5.10 Å². The number of hydrogen-bond acceptors (Lipinski definition) is 5. The Morgan fingerprint density at radius 3 is 3.00 bits per heavy atom. The van der Waals surface area contributed by atoms with Crippen molar-refractivity contribution in [1.82, 2.24) is 24.5 Å². The Labute approximate surface area is 123 Å². The van der Waals surface area contributed by atoms with Gasteiger partial charge in [-0.1, -0.05) is 0 Å². The van der Waals surface area contributed by atoms with Crippen LogP contribution in [0.25, 0.3) is 5.78 Å². The van der Waals surface area contributed by atoms with Crippen molar-refractivity contribution in [3.63, 3.8) is 0 Å². The fraction of sp³-hybridized carbons (Fsp3) is 0.571. The molecule has 112 valence electrons. The fourth-order valence-electron chi connectivity index (χ4n) is 2.88. The lowest BCUT2D eigenvalue weighted by Crippen LogP contribution is -2.51. The maximum Gasteiger partial charge on any atom is 0.293 e. The van der Waals surface area contributed by atoms with Crippen LogP contribution in [0.2, 0.25) is 0 Å². The van der Waals surface area contributed by atoms with Crippen molar-refractivity contribution < 1.29 is 4.79 Å². The van der Waals surface area contributed by atoms with E-state index in [-0.39, 0.29) is 23.8 Å². The first-order chi connectivity index (χ1) is 10.1. The van der Waals surface area contributed by atoms with Gasteiger partial charge in [0.25, 0.3) is 11.7 Å². The molecule has 21 heavy (non-hydrogen) atoms. The summed E-state index contributed by atoms with van der Waals surface area (Å²) in [5, 5.41) is 4.29. The van der Waals surface area contributed by atoms with Crippen LogP contribution in [0, 0.1) is 6.92 Å². The third kappa shape index (κ3) is 2.49. The van der Waals surface area contributed by atoms with Crippen molar-refractivity contribution in [1.29, 1.82) is 0 Å². The fourth-order valence-corrected chi connectivity index (χ4v) is 2.88. The zero-order valence-corrected chi connectivity index (χ0v) is 12.4. The zero-order valence-electron chi connectivity index (χ0n) is 12.4. The van der Waals surface area contributed by atoms with E-state index < -0.39 is 0 Å². The van der Waals surface area contributed by atoms with Gasteiger partial charge in [0.15, 0.2) is 0 Å². The second kappa shape index (κ2) is 5.40. The molecule has 1 aliphatic heterocycles. The number of rotatable bonds is 2. The van der Waals surface area contributed by atoms with E-state index in [4.69, 9.17) is 5.73 Å². The molecule has 2 aromatic heterocycles. The number of piperidine rings is 1. The Morgan fingerprint density at radius 1 is 1.48 bits per heavy atom. The van der Waals surface area contributed by atoms with Gasteiger partial charge in [0.2, 0.25) is 5.82 Å². The highest BCUT2D eigenvalue weighted by Crippen LogP contribution is 2.20. The SMILES string of the molecule is Cc1ccnc2nc(C(=O)N3CCCCC3C(C)N)nn12. The molecule has 3 heterocycles. The van der Waals surface area contributed by atoms with Crippen LogP contribution in [0.1, 0.15) is 42.5 Å². The number of likely N-dealkylation sites (tertiary alicyclic amines) is 1. The Morgan fingerprint density at radius 2 is 2.29 bits per heavy atom. The monoisotopic (exact) mass is 288 g/mol. The molecule has 0 spiro atoms. The minimum Gasteiger partial charge on any atom is -0.331 e. The molecule has 0 aliphatic carbocycles. The van der Waals surface area contributed by atoms with Crippen molar-refractivity contribution in [2.45, 2.75) is 45.2 Å². The van der Waals surface area contributed by atoms with Gasteiger partial charge in [0.1, 0.15) is 0 Å². The number of amides is 1. The first kappa shape index (κ1) is 13.9. The van der Waals surface area contributed by atoms with Crippen LogP contribution >= 0.6 is 0 Å². The van der Waals surface area contributed by atoms with Gasteiger partial charge < -0.3 is 10.6 Å². The van der Waals surface area contributed by atoms with Gasteiger partial charge in [-0.25, -0.2) is 9.50 Å². The van der Waals surface area contributed by atoms with Crippen LogP contribution in [0.5, 0.6) is 0 Å². The summed E-state index contributed by atoms with van der Waals surface area (Å²) in [6, 6.07) is 1.85. The van der Waals surface area contributed by atoms with E-state index >= 15 is 0 Å². The molecule has 2 atom stereocenters. The van der Waals surface area contributed by atoms with Gasteiger partial charge in [-0.05, 0) is 39.2 Å².